The molecule has 2 heterocycles. The van der Waals surface area contributed by atoms with Crippen molar-refractivity contribution in [3.63, 3.8) is 0 Å². The van der Waals surface area contributed by atoms with Crippen LogP contribution in [0.2, 0.25) is 10.0 Å². The topological polar surface area (TPSA) is 59.7 Å². The molecule has 2 aromatic heterocycles. The summed E-state index contributed by atoms with van der Waals surface area (Å²) in [5.41, 5.74) is 4.12. The lowest BCUT2D eigenvalue weighted by atomic mass is 10.1. The summed E-state index contributed by atoms with van der Waals surface area (Å²) in [4.78, 5) is 0. The average Bonchev–Trinajstić information content (AvgIpc) is 3.33. The minimum atomic E-state index is 0.435. The van der Waals surface area contributed by atoms with Crippen LogP contribution in [0.3, 0.4) is 0 Å². The van der Waals surface area contributed by atoms with Gasteiger partial charge >= 0.3 is 0 Å². The number of nitrogens with zero attached hydrogens (tertiary/aromatic N) is 4. The molecule has 0 saturated carbocycles. The molecule has 158 valence electrons. The zero-order valence-electron chi connectivity index (χ0n) is 16.7. The fraction of sp³-hybridized carbons (Fsp3) is 0.136. The zero-order valence-corrected chi connectivity index (χ0v) is 19.0. The predicted octanol–water partition coefficient (Wildman–Crippen LogP) is 5.60. The molecule has 4 rings (SSSR count). The molecular weight excluding hydrogens is 451 g/mol. The van der Waals surface area contributed by atoms with E-state index in [-0.39, 0.29) is 0 Å². The third-order valence-corrected chi connectivity index (χ3v) is 5.34. The molecule has 4 aromatic rings. The smallest absolute Gasteiger partial charge is 0.176 e. The van der Waals surface area contributed by atoms with Gasteiger partial charge in [0.05, 0.1) is 25.0 Å². The molecular formula is C22H20Cl2N6S. The van der Waals surface area contributed by atoms with Crippen LogP contribution in [0.4, 0.5) is 11.5 Å². The molecule has 0 aliphatic rings. The van der Waals surface area contributed by atoms with Crippen molar-refractivity contribution < 1.29 is 0 Å². The zero-order chi connectivity index (χ0) is 21.8. The number of rotatable bonds is 6. The first-order valence-electron chi connectivity index (χ1n) is 9.58. The van der Waals surface area contributed by atoms with Crippen LogP contribution >= 0.6 is 35.4 Å². The molecule has 0 spiro atoms. The number of anilines is 2. The van der Waals surface area contributed by atoms with E-state index in [1.807, 2.05) is 41.3 Å². The minimum absolute atomic E-state index is 0.435. The maximum Gasteiger partial charge on any atom is 0.176 e. The summed E-state index contributed by atoms with van der Waals surface area (Å²) in [7, 11) is 0. The summed E-state index contributed by atoms with van der Waals surface area (Å²) in [5.74, 6) is 0.672. The molecule has 2 N–H and O–H groups in total. The lowest BCUT2D eigenvalue weighted by molar-refractivity contribution is 0.687. The highest BCUT2D eigenvalue weighted by Crippen LogP contribution is 2.22. The molecule has 0 aliphatic carbocycles. The lowest BCUT2D eigenvalue weighted by Crippen LogP contribution is -2.19. The number of aromatic nitrogens is 4. The van der Waals surface area contributed by atoms with Crippen molar-refractivity contribution in [3.8, 4) is 0 Å². The number of nitrogens with one attached hydrogen (secondary N) is 2. The molecule has 0 bridgehead atoms. The van der Waals surface area contributed by atoms with Crippen LogP contribution in [-0.4, -0.2) is 24.7 Å². The second-order valence-corrected chi connectivity index (χ2v) is 8.38. The van der Waals surface area contributed by atoms with Gasteiger partial charge in [-0.2, -0.15) is 10.2 Å². The summed E-state index contributed by atoms with van der Waals surface area (Å²) in [5, 5.41) is 16.7. The van der Waals surface area contributed by atoms with Crippen LogP contribution in [0.25, 0.3) is 0 Å². The Morgan fingerprint density at radius 1 is 1.03 bits per heavy atom. The van der Waals surface area contributed by atoms with Gasteiger partial charge in [0.2, 0.25) is 0 Å². The van der Waals surface area contributed by atoms with Gasteiger partial charge in [0.1, 0.15) is 0 Å². The normalized spacial score (nSPS) is 10.8. The van der Waals surface area contributed by atoms with Crippen molar-refractivity contribution in [2.75, 3.05) is 10.6 Å². The monoisotopic (exact) mass is 470 g/mol. The third kappa shape index (κ3) is 5.85. The second-order valence-electron chi connectivity index (χ2n) is 7.13. The van der Waals surface area contributed by atoms with Gasteiger partial charge in [0.25, 0.3) is 0 Å². The standard InChI is InChI=1S/C22H20Cl2N6S/c1-15-3-2-4-16(9-15)12-29-8-7-21(28-29)27-22(31)26-19-11-25-30(14-19)13-17-5-6-18(23)10-20(17)24/h2-11,14H,12-13H2,1H3,(H2,26,27,28,31). The quantitative estimate of drug-likeness (QED) is 0.359. The summed E-state index contributed by atoms with van der Waals surface area (Å²) in [6, 6.07) is 15.7. The van der Waals surface area contributed by atoms with Gasteiger partial charge in [-0.05, 0) is 42.4 Å². The van der Waals surface area contributed by atoms with Crippen molar-refractivity contribution in [1.29, 1.82) is 0 Å². The Morgan fingerprint density at radius 2 is 1.90 bits per heavy atom. The Balaban J connectivity index is 1.33. The summed E-state index contributed by atoms with van der Waals surface area (Å²) in [6.07, 6.45) is 5.48. The van der Waals surface area contributed by atoms with E-state index >= 15 is 0 Å². The van der Waals surface area contributed by atoms with Crippen molar-refractivity contribution in [3.05, 3.63) is 93.9 Å². The molecule has 0 fully saturated rings. The predicted molar refractivity (Wildman–Crippen MR) is 130 cm³/mol. The minimum Gasteiger partial charge on any atom is -0.330 e. The molecule has 0 amide bonds. The molecule has 0 saturated heterocycles. The Bertz CT molecular complexity index is 1220. The Kier molecular flexibility index (Phi) is 6.56. The SMILES string of the molecule is Cc1cccc(Cn2ccc(NC(=S)Nc3cnn(Cc4ccc(Cl)cc4Cl)c3)n2)c1. The largest absolute Gasteiger partial charge is 0.330 e. The Hall–Kier alpha value is -2.87. The average molecular weight is 471 g/mol. The van der Waals surface area contributed by atoms with Gasteiger partial charge in [0.15, 0.2) is 10.9 Å². The number of benzene rings is 2. The van der Waals surface area contributed by atoms with E-state index in [9.17, 15) is 0 Å². The van der Waals surface area contributed by atoms with Crippen molar-refractivity contribution >= 4 is 52.0 Å². The summed E-state index contributed by atoms with van der Waals surface area (Å²) < 4.78 is 3.64. The molecule has 9 heteroatoms. The van der Waals surface area contributed by atoms with E-state index in [0.717, 1.165) is 11.3 Å². The van der Waals surface area contributed by atoms with Gasteiger partial charge in [0, 0.05) is 28.5 Å². The molecule has 0 unspecified atom stereocenters. The first-order valence-corrected chi connectivity index (χ1v) is 10.7. The van der Waals surface area contributed by atoms with Gasteiger partial charge in [-0.25, -0.2) is 0 Å². The molecule has 2 aromatic carbocycles. The van der Waals surface area contributed by atoms with Gasteiger partial charge in [-0.15, -0.1) is 0 Å². The molecule has 31 heavy (non-hydrogen) atoms. The van der Waals surface area contributed by atoms with E-state index in [1.165, 1.54) is 11.1 Å². The van der Waals surface area contributed by atoms with Crippen molar-refractivity contribution in [2.24, 2.45) is 0 Å². The van der Waals surface area contributed by atoms with E-state index in [0.29, 0.717) is 34.1 Å². The summed E-state index contributed by atoms with van der Waals surface area (Å²) >= 11 is 17.6. The number of hydrogen-bond acceptors (Lipinski definition) is 3. The number of aryl methyl sites for hydroxylation is 1. The Morgan fingerprint density at radius 3 is 2.71 bits per heavy atom. The molecule has 6 nitrogen and oxygen atoms in total. The van der Waals surface area contributed by atoms with Gasteiger partial charge < -0.3 is 10.6 Å². The number of hydrogen-bond donors (Lipinski definition) is 2. The number of thiocarbonyl (C=S) groups is 1. The number of halogens is 2. The first kappa shape index (κ1) is 21.4. The van der Waals surface area contributed by atoms with E-state index in [1.54, 1.807) is 16.9 Å². The Labute approximate surface area is 195 Å². The van der Waals surface area contributed by atoms with Crippen LogP contribution in [-0.2, 0) is 13.1 Å². The summed E-state index contributed by atoms with van der Waals surface area (Å²) in [6.45, 7) is 3.31. The van der Waals surface area contributed by atoms with Crippen molar-refractivity contribution in [1.82, 2.24) is 19.6 Å². The first-order chi connectivity index (χ1) is 14.9. The third-order valence-electron chi connectivity index (χ3n) is 4.55. The fourth-order valence-electron chi connectivity index (χ4n) is 3.13. The van der Waals surface area contributed by atoms with Crippen LogP contribution in [0, 0.1) is 6.92 Å². The van der Waals surface area contributed by atoms with E-state index in [4.69, 9.17) is 35.4 Å². The van der Waals surface area contributed by atoms with Crippen LogP contribution < -0.4 is 10.6 Å². The fourth-order valence-corrected chi connectivity index (χ4v) is 3.82. The molecule has 0 aliphatic heterocycles. The maximum absolute atomic E-state index is 6.24. The lowest BCUT2D eigenvalue weighted by Gasteiger charge is -2.07. The van der Waals surface area contributed by atoms with Gasteiger partial charge in [-0.3, -0.25) is 9.36 Å². The highest BCUT2D eigenvalue weighted by Gasteiger charge is 2.07. The molecule has 0 atom stereocenters. The molecule has 0 radical (unpaired) electrons. The van der Waals surface area contributed by atoms with Crippen molar-refractivity contribution in [2.45, 2.75) is 20.0 Å². The van der Waals surface area contributed by atoms with Gasteiger partial charge in [-0.1, -0.05) is 59.1 Å². The van der Waals surface area contributed by atoms with Crippen LogP contribution in [0.5, 0.6) is 0 Å². The highest BCUT2D eigenvalue weighted by atomic mass is 35.5. The highest BCUT2D eigenvalue weighted by molar-refractivity contribution is 7.80. The maximum atomic E-state index is 6.24. The van der Waals surface area contributed by atoms with Crippen LogP contribution in [0.1, 0.15) is 16.7 Å². The second kappa shape index (κ2) is 9.51. The van der Waals surface area contributed by atoms with E-state index < -0.39 is 0 Å². The van der Waals surface area contributed by atoms with Crippen LogP contribution in [0.15, 0.2) is 67.1 Å². The van der Waals surface area contributed by atoms with E-state index in [2.05, 4.69) is 46.0 Å².